The molecule has 0 spiro atoms. The average Bonchev–Trinajstić information content (AvgIpc) is 2.68. The van der Waals surface area contributed by atoms with Gasteiger partial charge >= 0.3 is 5.97 Å². The molecule has 17 heavy (non-hydrogen) atoms. The third-order valence-electron chi connectivity index (χ3n) is 4.49. The maximum atomic E-state index is 11.0. The molecule has 2 rings (SSSR count). The summed E-state index contributed by atoms with van der Waals surface area (Å²) in [6, 6.07) is 0.864. The maximum Gasteiger partial charge on any atom is 0.317 e. The molecule has 2 saturated heterocycles. The number of hydrogen-bond donors (Lipinski definition) is 1. The number of nitrogens with zero attached hydrogens (tertiary/aromatic N) is 2. The minimum Gasteiger partial charge on any atom is -0.480 e. The van der Waals surface area contributed by atoms with E-state index < -0.39 is 5.97 Å². The molecule has 4 heteroatoms. The fourth-order valence-electron chi connectivity index (χ4n) is 3.36. The standard InChI is InChI=1S/C13H24N2O2/c1-3-10(2)15(9-13(16)17)12-5-7-14-6-4-11(12)8-14/h10-12H,3-9H2,1-2H3,(H,16,17). The number of carboxylic acids is 1. The zero-order valence-electron chi connectivity index (χ0n) is 10.9. The van der Waals surface area contributed by atoms with Crippen LogP contribution in [0.1, 0.15) is 33.1 Å². The zero-order chi connectivity index (χ0) is 12.4. The van der Waals surface area contributed by atoms with Gasteiger partial charge in [-0.25, -0.2) is 0 Å². The molecule has 0 amide bonds. The Balaban J connectivity index is 2.05. The van der Waals surface area contributed by atoms with Gasteiger partial charge < -0.3 is 10.0 Å². The van der Waals surface area contributed by atoms with E-state index in [1.165, 1.54) is 19.5 Å². The Labute approximate surface area is 104 Å². The summed E-state index contributed by atoms with van der Waals surface area (Å²) in [6.45, 7) is 8.04. The highest BCUT2D eigenvalue weighted by Gasteiger charge is 2.38. The van der Waals surface area contributed by atoms with Crippen molar-refractivity contribution in [3.8, 4) is 0 Å². The average molecular weight is 240 g/mol. The molecule has 2 aliphatic heterocycles. The van der Waals surface area contributed by atoms with Crippen molar-refractivity contribution < 1.29 is 9.90 Å². The summed E-state index contributed by atoms with van der Waals surface area (Å²) < 4.78 is 0. The SMILES string of the molecule is CCC(C)N(CC(=O)O)C1CCN2CCC1C2. The van der Waals surface area contributed by atoms with Crippen LogP contribution < -0.4 is 0 Å². The Morgan fingerprint density at radius 1 is 1.47 bits per heavy atom. The first-order chi connectivity index (χ1) is 8.11. The van der Waals surface area contributed by atoms with E-state index >= 15 is 0 Å². The molecular weight excluding hydrogens is 216 g/mol. The fraction of sp³-hybridized carbons (Fsp3) is 0.923. The Kier molecular flexibility index (Phi) is 4.05. The van der Waals surface area contributed by atoms with Crippen molar-refractivity contribution in [2.75, 3.05) is 26.2 Å². The van der Waals surface area contributed by atoms with Gasteiger partial charge in [-0.3, -0.25) is 9.69 Å². The van der Waals surface area contributed by atoms with Crippen molar-refractivity contribution in [2.45, 2.75) is 45.2 Å². The van der Waals surface area contributed by atoms with Crippen molar-refractivity contribution >= 4 is 5.97 Å². The minimum atomic E-state index is -0.689. The number of carboxylic acid groups (broad SMARTS) is 1. The Hall–Kier alpha value is -0.610. The van der Waals surface area contributed by atoms with Crippen molar-refractivity contribution in [1.82, 2.24) is 9.80 Å². The minimum absolute atomic E-state index is 0.205. The van der Waals surface area contributed by atoms with Gasteiger partial charge in [0.1, 0.15) is 0 Å². The predicted molar refractivity (Wildman–Crippen MR) is 67.0 cm³/mol. The van der Waals surface area contributed by atoms with Crippen molar-refractivity contribution in [3.05, 3.63) is 0 Å². The molecule has 4 nitrogen and oxygen atoms in total. The lowest BCUT2D eigenvalue weighted by atomic mass is 9.91. The summed E-state index contributed by atoms with van der Waals surface area (Å²) in [5.41, 5.74) is 0. The van der Waals surface area contributed by atoms with Crippen LogP contribution in [0.3, 0.4) is 0 Å². The fourth-order valence-corrected chi connectivity index (χ4v) is 3.36. The molecule has 1 N–H and O–H groups in total. The van der Waals surface area contributed by atoms with E-state index in [1.807, 2.05) is 0 Å². The largest absolute Gasteiger partial charge is 0.480 e. The van der Waals surface area contributed by atoms with E-state index in [0.717, 1.165) is 19.4 Å². The first-order valence-electron chi connectivity index (χ1n) is 6.81. The van der Waals surface area contributed by atoms with Crippen LogP contribution in [0, 0.1) is 5.92 Å². The van der Waals surface area contributed by atoms with Crippen LogP contribution in [-0.4, -0.2) is 59.1 Å². The Morgan fingerprint density at radius 3 is 2.82 bits per heavy atom. The highest BCUT2D eigenvalue weighted by molar-refractivity contribution is 5.69. The molecular formula is C13H24N2O2. The normalized spacial score (nSPS) is 33.9. The number of fused-ring (bicyclic) bond motifs is 2. The van der Waals surface area contributed by atoms with Crippen molar-refractivity contribution in [1.29, 1.82) is 0 Å². The summed E-state index contributed by atoms with van der Waals surface area (Å²) in [6.07, 6.45) is 3.42. The van der Waals surface area contributed by atoms with E-state index in [2.05, 4.69) is 23.6 Å². The van der Waals surface area contributed by atoms with E-state index in [-0.39, 0.29) is 6.54 Å². The van der Waals surface area contributed by atoms with Gasteiger partial charge in [-0.15, -0.1) is 0 Å². The molecule has 2 bridgehead atoms. The molecule has 2 fully saturated rings. The molecule has 0 aromatic rings. The zero-order valence-corrected chi connectivity index (χ0v) is 10.9. The molecule has 4 atom stereocenters. The number of hydrogen-bond acceptors (Lipinski definition) is 3. The summed E-state index contributed by atoms with van der Waals surface area (Å²) in [4.78, 5) is 15.8. The molecule has 0 aromatic heterocycles. The van der Waals surface area contributed by atoms with Crippen LogP contribution in [0.5, 0.6) is 0 Å². The first kappa shape index (κ1) is 12.8. The molecule has 2 aliphatic rings. The van der Waals surface area contributed by atoms with E-state index in [9.17, 15) is 4.79 Å². The molecule has 98 valence electrons. The second-order valence-corrected chi connectivity index (χ2v) is 5.53. The number of carbonyl (C=O) groups is 1. The Morgan fingerprint density at radius 2 is 2.18 bits per heavy atom. The van der Waals surface area contributed by atoms with Crippen molar-refractivity contribution in [3.63, 3.8) is 0 Å². The van der Waals surface area contributed by atoms with E-state index in [4.69, 9.17) is 5.11 Å². The number of aliphatic carboxylic acids is 1. The van der Waals surface area contributed by atoms with E-state index in [1.54, 1.807) is 0 Å². The third kappa shape index (κ3) is 2.80. The summed E-state index contributed by atoms with van der Waals surface area (Å²) in [5, 5.41) is 9.08. The second-order valence-electron chi connectivity index (χ2n) is 5.53. The highest BCUT2D eigenvalue weighted by Crippen LogP contribution is 2.31. The summed E-state index contributed by atoms with van der Waals surface area (Å²) in [5.74, 6) is 0.00262. The Bertz CT molecular complexity index is 283. The molecule has 0 radical (unpaired) electrons. The molecule has 0 aromatic carbocycles. The monoisotopic (exact) mass is 240 g/mol. The van der Waals surface area contributed by atoms with Gasteiger partial charge in [0.2, 0.25) is 0 Å². The lowest BCUT2D eigenvalue weighted by Crippen LogP contribution is -2.51. The summed E-state index contributed by atoms with van der Waals surface area (Å²) in [7, 11) is 0. The van der Waals surface area contributed by atoms with Gasteiger partial charge in [0, 0.05) is 18.6 Å². The summed E-state index contributed by atoms with van der Waals surface area (Å²) >= 11 is 0. The van der Waals surface area contributed by atoms with Gasteiger partial charge in [-0.05, 0) is 45.2 Å². The number of rotatable bonds is 5. The first-order valence-corrected chi connectivity index (χ1v) is 6.81. The lowest BCUT2D eigenvalue weighted by molar-refractivity contribution is -0.140. The smallest absolute Gasteiger partial charge is 0.317 e. The number of piperidine rings is 1. The lowest BCUT2D eigenvalue weighted by Gasteiger charge is -2.41. The predicted octanol–water partition coefficient (Wildman–Crippen LogP) is 1.27. The van der Waals surface area contributed by atoms with Crippen molar-refractivity contribution in [2.24, 2.45) is 5.92 Å². The third-order valence-corrected chi connectivity index (χ3v) is 4.49. The second kappa shape index (κ2) is 5.36. The van der Waals surface area contributed by atoms with Gasteiger partial charge in [-0.2, -0.15) is 0 Å². The van der Waals surface area contributed by atoms with Crippen LogP contribution in [0.15, 0.2) is 0 Å². The van der Waals surface area contributed by atoms with Gasteiger partial charge in [0.15, 0.2) is 0 Å². The highest BCUT2D eigenvalue weighted by atomic mass is 16.4. The molecule has 0 saturated carbocycles. The van der Waals surface area contributed by atoms with Crippen LogP contribution in [-0.2, 0) is 4.79 Å². The van der Waals surface area contributed by atoms with Crippen LogP contribution >= 0.6 is 0 Å². The molecule has 2 heterocycles. The van der Waals surface area contributed by atoms with Crippen LogP contribution in [0.2, 0.25) is 0 Å². The van der Waals surface area contributed by atoms with E-state index in [0.29, 0.717) is 18.0 Å². The van der Waals surface area contributed by atoms with Crippen LogP contribution in [0.4, 0.5) is 0 Å². The topological polar surface area (TPSA) is 43.8 Å². The quantitative estimate of drug-likeness (QED) is 0.786. The van der Waals surface area contributed by atoms with Gasteiger partial charge in [0.25, 0.3) is 0 Å². The molecule has 4 unspecified atom stereocenters. The molecule has 0 aliphatic carbocycles. The van der Waals surface area contributed by atoms with Gasteiger partial charge in [-0.1, -0.05) is 6.92 Å². The maximum absolute atomic E-state index is 11.0. The van der Waals surface area contributed by atoms with Gasteiger partial charge in [0.05, 0.1) is 6.54 Å². The van der Waals surface area contributed by atoms with Crippen LogP contribution in [0.25, 0.3) is 0 Å².